The van der Waals surface area contributed by atoms with Crippen LogP contribution in [0.1, 0.15) is 38.4 Å². The molecular formula is C13H17NO. The zero-order valence-corrected chi connectivity index (χ0v) is 9.20. The molecule has 0 spiro atoms. The molecule has 2 heterocycles. The normalized spacial score (nSPS) is 11.0. The number of aryl methyl sites for hydroxylation is 1. The Morgan fingerprint density at radius 1 is 1.27 bits per heavy atom. The molecule has 0 unspecified atom stereocenters. The molecule has 2 nitrogen and oxygen atoms in total. The first-order valence-corrected chi connectivity index (χ1v) is 5.73. The summed E-state index contributed by atoms with van der Waals surface area (Å²) in [6, 6.07) is 5.94. The number of hydrogen-bond donors (Lipinski definition) is 0. The average Bonchev–Trinajstić information content (AvgIpc) is 2.67. The molecule has 0 saturated carbocycles. The minimum Gasteiger partial charge on any atom is -0.459 e. The van der Waals surface area contributed by atoms with E-state index >= 15 is 0 Å². The van der Waals surface area contributed by atoms with Gasteiger partial charge in [0.25, 0.3) is 0 Å². The number of rotatable bonds is 5. The summed E-state index contributed by atoms with van der Waals surface area (Å²) in [6.45, 7) is 2.23. The Hall–Kier alpha value is -1.31. The van der Waals surface area contributed by atoms with Crippen LogP contribution in [0.5, 0.6) is 0 Å². The molecule has 0 atom stereocenters. The fraction of sp³-hybridized carbons (Fsp3) is 0.462. The van der Waals surface area contributed by atoms with Gasteiger partial charge in [-0.2, -0.15) is 0 Å². The molecule has 2 aromatic rings. The van der Waals surface area contributed by atoms with E-state index in [1.165, 1.54) is 25.7 Å². The largest absolute Gasteiger partial charge is 0.459 e. The standard InChI is InChI=1S/C13H17NO/c1-2-3-4-5-7-11-10-12-13(15-11)8-6-9-14-12/h6,8-10H,2-5,7H2,1H3. The van der Waals surface area contributed by atoms with Crippen molar-refractivity contribution in [2.24, 2.45) is 0 Å². The highest BCUT2D eigenvalue weighted by Gasteiger charge is 2.03. The smallest absolute Gasteiger partial charge is 0.152 e. The number of unbranched alkanes of at least 4 members (excludes halogenated alkanes) is 3. The first-order valence-electron chi connectivity index (χ1n) is 5.73. The molecule has 0 aliphatic carbocycles. The van der Waals surface area contributed by atoms with Crippen molar-refractivity contribution in [2.75, 3.05) is 0 Å². The van der Waals surface area contributed by atoms with Gasteiger partial charge < -0.3 is 4.42 Å². The first-order chi connectivity index (χ1) is 7.40. The van der Waals surface area contributed by atoms with Gasteiger partial charge in [0, 0.05) is 18.7 Å². The molecular weight excluding hydrogens is 186 g/mol. The van der Waals surface area contributed by atoms with Crippen molar-refractivity contribution in [1.29, 1.82) is 0 Å². The Labute approximate surface area is 90.3 Å². The highest BCUT2D eigenvalue weighted by molar-refractivity contribution is 5.72. The minimum absolute atomic E-state index is 0.906. The minimum atomic E-state index is 0.906. The molecule has 0 aromatic carbocycles. The number of pyridine rings is 1. The number of fused-ring (bicyclic) bond motifs is 1. The van der Waals surface area contributed by atoms with Crippen LogP contribution in [0.2, 0.25) is 0 Å². The van der Waals surface area contributed by atoms with Crippen molar-refractivity contribution in [1.82, 2.24) is 4.98 Å². The van der Waals surface area contributed by atoms with Gasteiger partial charge in [-0.25, -0.2) is 0 Å². The van der Waals surface area contributed by atoms with Gasteiger partial charge in [-0.15, -0.1) is 0 Å². The van der Waals surface area contributed by atoms with Crippen LogP contribution in [-0.4, -0.2) is 4.98 Å². The molecule has 0 fully saturated rings. The molecule has 0 N–H and O–H groups in total. The van der Waals surface area contributed by atoms with E-state index in [2.05, 4.69) is 18.0 Å². The van der Waals surface area contributed by atoms with Gasteiger partial charge in [-0.1, -0.05) is 26.2 Å². The van der Waals surface area contributed by atoms with Crippen molar-refractivity contribution in [3.63, 3.8) is 0 Å². The summed E-state index contributed by atoms with van der Waals surface area (Å²) in [7, 11) is 0. The van der Waals surface area contributed by atoms with E-state index in [-0.39, 0.29) is 0 Å². The van der Waals surface area contributed by atoms with Gasteiger partial charge >= 0.3 is 0 Å². The second-order valence-electron chi connectivity index (χ2n) is 3.91. The molecule has 0 aliphatic heterocycles. The van der Waals surface area contributed by atoms with Gasteiger partial charge in [0.05, 0.1) is 0 Å². The van der Waals surface area contributed by atoms with E-state index in [1.807, 2.05) is 12.1 Å². The van der Waals surface area contributed by atoms with Gasteiger partial charge in [0.15, 0.2) is 5.58 Å². The lowest BCUT2D eigenvalue weighted by atomic mass is 10.1. The lowest BCUT2D eigenvalue weighted by Gasteiger charge is -1.95. The zero-order valence-electron chi connectivity index (χ0n) is 9.20. The summed E-state index contributed by atoms with van der Waals surface area (Å²) in [6.07, 6.45) is 7.95. The van der Waals surface area contributed by atoms with E-state index in [0.29, 0.717) is 0 Å². The highest BCUT2D eigenvalue weighted by atomic mass is 16.3. The molecule has 80 valence electrons. The lowest BCUT2D eigenvalue weighted by Crippen LogP contribution is -1.81. The Bertz CT molecular complexity index is 386. The van der Waals surface area contributed by atoms with E-state index in [9.17, 15) is 0 Å². The zero-order chi connectivity index (χ0) is 10.5. The molecule has 0 saturated heterocycles. The quantitative estimate of drug-likeness (QED) is 0.688. The van der Waals surface area contributed by atoms with Crippen LogP contribution >= 0.6 is 0 Å². The third kappa shape index (κ3) is 2.58. The Balaban J connectivity index is 1.97. The van der Waals surface area contributed by atoms with Crippen molar-refractivity contribution in [3.8, 4) is 0 Å². The van der Waals surface area contributed by atoms with Crippen molar-refractivity contribution in [2.45, 2.75) is 39.0 Å². The average molecular weight is 203 g/mol. The number of hydrogen-bond acceptors (Lipinski definition) is 2. The molecule has 0 amide bonds. The highest BCUT2D eigenvalue weighted by Crippen LogP contribution is 2.18. The van der Waals surface area contributed by atoms with E-state index in [0.717, 1.165) is 23.3 Å². The molecule has 2 rings (SSSR count). The Morgan fingerprint density at radius 2 is 2.20 bits per heavy atom. The van der Waals surface area contributed by atoms with Crippen LogP contribution in [0, 0.1) is 0 Å². The van der Waals surface area contributed by atoms with Crippen molar-refractivity contribution >= 4 is 11.1 Å². The maximum Gasteiger partial charge on any atom is 0.152 e. The summed E-state index contributed by atoms with van der Waals surface area (Å²) in [5.74, 6) is 1.07. The Morgan fingerprint density at radius 3 is 3.00 bits per heavy atom. The monoisotopic (exact) mass is 203 g/mol. The predicted molar refractivity (Wildman–Crippen MR) is 61.9 cm³/mol. The number of aromatic nitrogens is 1. The van der Waals surface area contributed by atoms with Crippen LogP contribution in [-0.2, 0) is 6.42 Å². The predicted octanol–water partition coefficient (Wildman–Crippen LogP) is 3.95. The third-order valence-corrected chi connectivity index (χ3v) is 2.62. The summed E-state index contributed by atoms with van der Waals surface area (Å²) >= 11 is 0. The second kappa shape index (κ2) is 4.96. The van der Waals surface area contributed by atoms with Crippen LogP contribution in [0.4, 0.5) is 0 Å². The maximum atomic E-state index is 5.69. The van der Waals surface area contributed by atoms with Crippen LogP contribution in [0.15, 0.2) is 28.8 Å². The van der Waals surface area contributed by atoms with Gasteiger partial charge in [-0.3, -0.25) is 4.98 Å². The maximum absolute atomic E-state index is 5.69. The van der Waals surface area contributed by atoms with E-state index in [4.69, 9.17) is 4.42 Å². The van der Waals surface area contributed by atoms with E-state index < -0.39 is 0 Å². The second-order valence-corrected chi connectivity index (χ2v) is 3.91. The van der Waals surface area contributed by atoms with Crippen LogP contribution < -0.4 is 0 Å². The summed E-state index contributed by atoms with van der Waals surface area (Å²) < 4.78 is 5.69. The fourth-order valence-corrected chi connectivity index (χ4v) is 1.77. The van der Waals surface area contributed by atoms with Crippen LogP contribution in [0.25, 0.3) is 11.1 Å². The van der Waals surface area contributed by atoms with E-state index in [1.54, 1.807) is 6.20 Å². The SMILES string of the molecule is CCCCCCc1cc2ncccc2o1. The number of nitrogens with zero attached hydrogens (tertiary/aromatic N) is 1. The molecule has 15 heavy (non-hydrogen) atoms. The van der Waals surface area contributed by atoms with Gasteiger partial charge in [0.2, 0.25) is 0 Å². The summed E-state index contributed by atoms with van der Waals surface area (Å²) in [4.78, 5) is 4.25. The van der Waals surface area contributed by atoms with Crippen LogP contribution in [0.3, 0.4) is 0 Å². The summed E-state index contributed by atoms with van der Waals surface area (Å²) in [5, 5.41) is 0. The van der Waals surface area contributed by atoms with Gasteiger partial charge in [0.1, 0.15) is 11.3 Å². The first kappa shape index (κ1) is 10.2. The van der Waals surface area contributed by atoms with Crippen molar-refractivity contribution < 1.29 is 4.42 Å². The lowest BCUT2D eigenvalue weighted by molar-refractivity contribution is 0.527. The fourth-order valence-electron chi connectivity index (χ4n) is 1.77. The molecule has 0 bridgehead atoms. The van der Waals surface area contributed by atoms with Crippen molar-refractivity contribution in [3.05, 3.63) is 30.2 Å². The Kier molecular flexibility index (Phi) is 3.38. The molecule has 0 aliphatic rings. The third-order valence-electron chi connectivity index (χ3n) is 2.62. The number of furan rings is 1. The topological polar surface area (TPSA) is 26.0 Å². The molecule has 2 aromatic heterocycles. The molecule has 0 radical (unpaired) electrons. The summed E-state index contributed by atoms with van der Waals surface area (Å²) in [5.41, 5.74) is 1.88. The molecule has 2 heteroatoms. The van der Waals surface area contributed by atoms with Gasteiger partial charge in [-0.05, 0) is 18.6 Å².